The molecular formula is C15H22O4. The quantitative estimate of drug-likeness (QED) is 0.550. The minimum atomic E-state index is -0.232. The topological polar surface area (TPSA) is 55.8 Å². The lowest BCUT2D eigenvalue weighted by Gasteiger charge is -2.11. The lowest BCUT2D eigenvalue weighted by Crippen LogP contribution is -2.16. The number of rotatable bonds is 9. The maximum atomic E-state index is 11.4. The normalized spacial score (nSPS) is 12.1. The van der Waals surface area contributed by atoms with Crippen molar-refractivity contribution in [3.63, 3.8) is 0 Å². The third-order valence-electron chi connectivity index (χ3n) is 2.65. The highest BCUT2D eigenvalue weighted by Crippen LogP contribution is 2.04. The molecule has 0 saturated carbocycles. The Morgan fingerprint density at radius 2 is 2.05 bits per heavy atom. The van der Waals surface area contributed by atoms with Gasteiger partial charge in [0.15, 0.2) is 0 Å². The number of ether oxygens (including phenoxy) is 2. The summed E-state index contributed by atoms with van der Waals surface area (Å²) in [5.41, 5.74) is 1.13. The third kappa shape index (κ3) is 7.59. The molecule has 1 aromatic carbocycles. The first-order valence-corrected chi connectivity index (χ1v) is 6.64. The van der Waals surface area contributed by atoms with Crippen LogP contribution in [0.15, 0.2) is 30.3 Å². The van der Waals surface area contributed by atoms with Gasteiger partial charge in [-0.1, -0.05) is 30.3 Å². The van der Waals surface area contributed by atoms with Gasteiger partial charge in [-0.15, -0.1) is 0 Å². The summed E-state index contributed by atoms with van der Waals surface area (Å²) in [6, 6.07) is 9.92. The number of carbonyl (C=O) groups excluding carboxylic acids is 1. The highest BCUT2D eigenvalue weighted by Gasteiger charge is 2.08. The molecule has 0 heterocycles. The van der Waals surface area contributed by atoms with E-state index in [4.69, 9.17) is 14.6 Å². The molecule has 0 aliphatic heterocycles. The first-order chi connectivity index (χ1) is 9.22. The van der Waals surface area contributed by atoms with Gasteiger partial charge in [-0.2, -0.15) is 0 Å². The van der Waals surface area contributed by atoms with Crippen LogP contribution in [0.5, 0.6) is 0 Å². The Balaban J connectivity index is 2.03. The molecule has 0 aliphatic carbocycles. The van der Waals surface area contributed by atoms with Crippen molar-refractivity contribution in [3.8, 4) is 0 Å². The number of hydrogen-bond donors (Lipinski definition) is 1. The molecule has 0 fully saturated rings. The van der Waals surface area contributed by atoms with Crippen LogP contribution < -0.4 is 0 Å². The summed E-state index contributed by atoms with van der Waals surface area (Å²) in [4.78, 5) is 11.4. The summed E-state index contributed by atoms with van der Waals surface area (Å²) >= 11 is 0. The molecule has 106 valence electrons. The van der Waals surface area contributed by atoms with Crippen LogP contribution in [-0.4, -0.2) is 30.4 Å². The summed E-state index contributed by atoms with van der Waals surface area (Å²) in [5, 5.41) is 8.69. The molecule has 1 unspecified atom stereocenters. The van der Waals surface area contributed by atoms with Crippen LogP contribution in [0.3, 0.4) is 0 Å². The Hall–Kier alpha value is -1.39. The number of aliphatic hydroxyl groups is 1. The molecule has 4 nitrogen and oxygen atoms in total. The van der Waals surface area contributed by atoms with Gasteiger partial charge in [-0.3, -0.25) is 4.79 Å². The lowest BCUT2D eigenvalue weighted by molar-refractivity contribution is -0.149. The van der Waals surface area contributed by atoms with Crippen molar-refractivity contribution >= 4 is 5.97 Å². The van der Waals surface area contributed by atoms with E-state index < -0.39 is 0 Å². The first kappa shape index (κ1) is 15.7. The minimum absolute atomic E-state index is 0.0363. The van der Waals surface area contributed by atoms with Gasteiger partial charge < -0.3 is 14.6 Å². The van der Waals surface area contributed by atoms with Crippen molar-refractivity contribution in [2.45, 2.75) is 38.9 Å². The van der Waals surface area contributed by atoms with E-state index in [9.17, 15) is 4.79 Å². The van der Waals surface area contributed by atoms with Crippen molar-refractivity contribution < 1.29 is 19.4 Å². The molecule has 4 heteroatoms. The molecular weight excluding hydrogens is 244 g/mol. The molecule has 0 spiro atoms. The maximum Gasteiger partial charge on any atom is 0.306 e. The predicted molar refractivity (Wildman–Crippen MR) is 72.6 cm³/mol. The molecule has 0 bridgehead atoms. The van der Waals surface area contributed by atoms with E-state index in [0.29, 0.717) is 32.5 Å². The fraction of sp³-hybridized carbons (Fsp3) is 0.533. The predicted octanol–water partition coefficient (Wildman–Crippen LogP) is 2.30. The highest BCUT2D eigenvalue weighted by atomic mass is 16.5. The number of aliphatic hydroxyl groups excluding tert-OH is 1. The highest BCUT2D eigenvalue weighted by molar-refractivity contribution is 5.69. The summed E-state index contributed by atoms with van der Waals surface area (Å²) < 4.78 is 10.6. The number of esters is 1. The van der Waals surface area contributed by atoms with Gasteiger partial charge >= 0.3 is 5.97 Å². The maximum absolute atomic E-state index is 11.4. The average Bonchev–Trinajstić information content (AvgIpc) is 2.39. The van der Waals surface area contributed by atoms with Crippen molar-refractivity contribution in [1.29, 1.82) is 0 Å². The number of carbonyl (C=O) groups is 1. The van der Waals surface area contributed by atoms with Gasteiger partial charge in [0.05, 0.1) is 6.61 Å². The smallest absolute Gasteiger partial charge is 0.306 e. The second-order valence-corrected chi connectivity index (χ2v) is 4.45. The van der Waals surface area contributed by atoms with Crippen molar-refractivity contribution in [2.75, 3.05) is 13.2 Å². The zero-order valence-electron chi connectivity index (χ0n) is 11.4. The first-order valence-electron chi connectivity index (χ1n) is 6.64. The van der Waals surface area contributed by atoms with E-state index in [-0.39, 0.29) is 18.7 Å². The van der Waals surface area contributed by atoms with E-state index in [1.165, 1.54) is 0 Å². The third-order valence-corrected chi connectivity index (χ3v) is 2.65. The van der Waals surface area contributed by atoms with Crippen LogP contribution in [0.4, 0.5) is 0 Å². The fourth-order valence-electron chi connectivity index (χ4n) is 1.61. The SMILES string of the molecule is CC(CCO)OC(=O)CCCOCc1ccccc1. The second-order valence-electron chi connectivity index (χ2n) is 4.45. The van der Waals surface area contributed by atoms with Crippen LogP contribution in [-0.2, 0) is 20.9 Å². The summed E-state index contributed by atoms with van der Waals surface area (Å²) in [7, 11) is 0. The lowest BCUT2D eigenvalue weighted by atomic mass is 10.2. The molecule has 0 radical (unpaired) electrons. The Kier molecular flexibility index (Phi) is 7.86. The zero-order valence-corrected chi connectivity index (χ0v) is 11.4. The number of hydrogen-bond acceptors (Lipinski definition) is 4. The van der Waals surface area contributed by atoms with Crippen molar-refractivity contribution in [2.24, 2.45) is 0 Å². The van der Waals surface area contributed by atoms with E-state index >= 15 is 0 Å². The van der Waals surface area contributed by atoms with Crippen molar-refractivity contribution in [3.05, 3.63) is 35.9 Å². The molecule has 1 N–H and O–H groups in total. The Morgan fingerprint density at radius 3 is 2.74 bits per heavy atom. The van der Waals surface area contributed by atoms with Gasteiger partial charge in [0.2, 0.25) is 0 Å². The zero-order chi connectivity index (χ0) is 13.9. The summed E-state index contributed by atoms with van der Waals surface area (Å²) in [6.07, 6.45) is 1.26. The van der Waals surface area contributed by atoms with Crippen LogP contribution in [0, 0.1) is 0 Å². The Labute approximate surface area is 114 Å². The van der Waals surface area contributed by atoms with Gasteiger partial charge in [-0.25, -0.2) is 0 Å². The average molecular weight is 266 g/mol. The van der Waals surface area contributed by atoms with Gasteiger partial charge in [-0.05, 0) is 18.9 Å². The summed E-state index contributed by atoms with van der Waals surface area (Å²) in [5.74, 6) is -0.232. The van der Waals surface area contributed by atoms with E-state index in [2.05, 4.69) is 0 Å². The molecule has 1 atom stereocenters. The van der Waals surface area contributed by atoms with Crippen LogP contribution >= 0.6 is 0 Å². The standard InChI is InChI=1S/C15H22O4/c1-13(9-10-16)19-15(17)8-5-11-18-12-14-6-3-2-4-7-14/h2-4,6-7,13,16H,5,8-12H2,1H3. The molecule has 0 amide bonds. The fourth-order valence-corrected chi connectivity index (χ4v) is 1.61. The van der Waals surface area contributed by atoms with Crippen LogP contribution in [0.25, 0.3) is 0 Å². The molecule has 0 saturated heterocycles. The van der Waals surface area contributed by atoms with Gasteiger partial charge in [0, 0.05) is 26.1 Å². The van der Waals surface area contributed by atoms with E-state index in [1.54, 1.807) is 6.92 Å². The Bertz CT molecular complexity index is 350. The molecule has 19 heavy (non-hydrogen) atoms. The molecule has 0 aliphatic rings. The van der Waals surface area contributed by atoms with E-state index in [1.807, 2.05) is 30.3 Å². The van der Waals surface area contributed by atoms with Crippen LogP contribution in [0.2, 0.25) is 0 Å². The largest absolute Gasteiger partial charge is 0.463 e. The monoisotopic (exact) mass is 266 g/mol. The van der Waals surface area contributed by atoms with Gasteiger partial charge in [0.25, 0.3) is 0 Å². The summed E-state index contributed by atoms with van der Waals surface area (Å²) in [6.45, 7) is 2.92. The van der Waals surface area contributed by atoms with Gasteiger partial charge in [0.1, 0.15) is 6.10 Å². The molecule has 1 aromatic rings. The second kappa shape index (κ2) is 9.53. The minimum Gasteiger partial charge on any atom is -0.463 e. The molecule has 1 rings (SSSR count). The Morgan fingerprint density at radius 1 is 1.32 bits per heavy atom. The number of benzene rings is 1. The van der Waals surface area contributed by atoms with E-state index in [0.717, 1.165) is 5.56 Å². The molecule has 0 aromatic heterocycles. The van der Waals surface area contributed by atoms with Crippen LogP contribution in [0.1, 0.15) is 31.7 Å². The van der Waals surface area contributed by atoms with Crippen molar-refractivity contribution in [1.82, 2.24) is 0 Å².